The second kappa shape index (κ2) is 76.8. The normalized spacial score (nSPS) is 13.8. The molecule has 2 unspecified atom stereocenters. The van der Waals surface area contributed by atoms with E-state index in [-0.39, 0.29) is 25.7 Å². The van der Waals surface area contributed by atoms with Crippen molar-refractivity contribution in [2.24, 2.45) is 5.92 Å². The van der Waals surface area contributed by atoms with Crippen LogP contribution in [0.3, 0.4) is 0 Å². The number of aliphatic hydroxyl groups excluding tert-OH is 1. The second-order valence-corrected chi connectivity index (χ2v) is 33.6. The molecule has 5 atom stereocenters. The van der Waals surface area contributed by atoms with Gasteiger partial charge in [0.05, 0.1) is 26.4 Å². The van der Waals surface area contributed by atoms with Gasteiger partial charge in [0, 0.05) is 25.7 Å². The van der Waals surface area contributed by atoms with Crippen molar-refractivity contribution in [1.29, 1.82) is 0 Å². The van der Waals surface area contributed by atoms with Crippen LogP contribution in [0, 0.1) is 5.92 Å². The van der Waals surface area contributed by atoms with Crippen LogP contribution in [-0.4, -0.2) is 96.7 Å². The number of carbonyl (C=O) groups excluding carboxylic acids is 4. The summed E-state index contributed by atoms with van der Waals surface area (Å²) in [6, 6.07) is 0. The van der Waals surface area contributed by atoms with E-state index in [0.717, 1.165) is 102 Å². The molecule has 0 spiro atoms. The highest BCUT2D eigenvalue weighted by Gasteiger charge is 2.30. The molecule has 0 saturated carbocycles. The second-order valence-electron chi connectivity index (χ2n) is 30.7. The molecular weight excluding hydrogens is 1340 g/mol. The van der Waals surface area contributed by atoms with Crippen molar-refractivity contribution < 1.29 is 80.2 Å². The van der Waals surface area contributed by atoms with Crippen molar-refractivity contribution in [2.45, 2.75) is 470 Å². The summed E-state index contributed by atoms with van der Waals surface area (Å²) >= 11 is 0. The van der Waals surface area contributed by atoms with Gasteiger partial charge in [0.25, 0.3) is 0 Å². The van der Waals surface area contributed by atoms with Crippen molar-refractivity contribution >= 4 is 39.5 Å². The molecule has 17 nitrogen and oxygen atoms in total. The zero-order chi connectivity index (χ0) is 75.5. The molecule has 0 aromatic heterocycles. The van der Waals surface area contributed by atoms with Gasteiger partial charge in [0.15, 0.2) is 12.2 Å². The highest BCUT2D eigenvalue weighted by Crippen LogP contribution is 2.45. The topological polar surface area (TPSA) is 237 Å². The lowest BCUT2D eigenvalue weighted by molar-refractivity contribution is -0.161. The Morgan fingerprint density at radius 3 is 0.660 bits per heavy atom. The highest BCUT2D eigenvalue weighted by molar-refractivity contribution is 7.47. The van der Waals surface area contributed by atoms with Gasteiger partial charge in [0.2, 0.25) is 0 Å². The van der Waals surface area contributed by atoms with E-state index < -0.39 is 97.5 Å². The summed E-state index contributed by atoms with van der Waals surface area (Å²) in [5, 5.41) is 10.6. The molecule has 0 aliphatic rings. The molecule has 103 heavy (non-hydrogen) atoms. The van der Waals surface area contributed by atoms with Crippen LogP contribution < -0.4 is 0 Å². The van der Waals surface area contributed by atoms with E-state index in [1.165, 1.54) is 270 Å². The fraction of sp³-hybridized carbons (Fsp3) is 0.952. The number of rotatable bonds is 84. The summed E-state index contributed by atoms with van der Waals surface area (Å²) in [6.07, 6.45) is 69.6. The number of phosphoric acid groups is 2. The lowest BCUT2D eigenvalue weighted by Crippen LogP contribution is -2.30. The third-order valence-electron chi connectivity index (χ3n) is 19.8. The number of aliphatic hydroxyl groups is 1. The Balaban J connectivity index is 5.18. The molecule has 0 bridgehead atoms. The van der Waals surface area contributed by atoms with Crippen LogP contribution in [0.4, 0.5) is 0 Å². The van der Waals surface area contributed by atoms with Gasteiger partial charge < -0.3 is 33.8 Å². The first-order valence-corrected chi connectivity index (χ1v) is 46.6. The first-order chi connectivity index (χ1) is 50.0. The van der Waals surface area contributed by atoms with E-state index >= 15 is 0 Å². The van der Waals surface area contributed by atoms with Crippen molar-refractivity contribution in [2.75, 3.05) is 39.6 Å². The maximum absolute atomic E-state index is 13.1. The minimum absolute atomic E-state index is 0.108. The van der Waals surface area contributed by atoms with Crippen LogP contribution in [0.25, 0.3) is 0 Å². The molecular formula is C84H164O17P2. The number of carbonyl (C=O) groups is 4. The third kappa shape index (κ3) is 78.0. The van der Waals surface area contributed by atoms with Crippen molar-refractivity contribution in [3.8, 4) is 0 Å². The Hall–Kier alpha value is -1.94. The monoisotopic (exact) mass is 1510 g/mol. The number of hydrogen-bond donors (Lipinski definition) is 3. The predicted molar refractivity (Wildman–Crippen MR) is 423 cm³/mol. The molecule has 0 aliphatic carbocycles. The average molecular weight is 1510 g/mol. The van der Waals surface area contributed by atoms with E-state index in [1.807, 2.05) is 0 Å². The summed E-state index contributed by atoms with van der Waals surface area (Å²) in [6.45, 7) is 7.34. The zero-order valence-electron chi connectivity index (χ0n) is 67.5. The summed E-state index contributed by atoms with van der Waals surface area (Å²) in [5.74, 6) is -1.32. The summed E-state index contributed by atoms with van der Waals surface area (Å²) in [7, 11) is -9.92. The Bertz CT molecular complexity index is 1960. The maximum atomic E-state index is 13.1. The van der Waals surface area contributed by atoms with Crippen LogP contribution in [0.1, 0.15) is 452 Å². The number of ether oxygens (including phenoxy) is 4. The van der Waals surface area contributed by atoms with Crippen LogP contribution in [0.15, 0.2) is 0 Å². The molecule has 0 amide bonds. The van der Waals surface area contributed by atoms with Crippen LogP contribution in [0.2, 0.25) is 0 Å². The lowest BCUT2D eigenvalue weighted by Gasteiger charge is -2.21. The molecule has 19 heteroatoms. The molecule has 612 valence electrons. The Morgan fingerprint density at radius 2 is 0.447 bits per heavy atom. The van der Waals surface area contributed by atoms with Gasteiger partial charge in [0.1, 0.15) is 19.3 Å². The van der Waals surface area contributed by atoms with E-state index in [4.69, 9.17) is 37.0 Å². The molecule has 0 saturated heterocycles. The summed E-state index contributed by atoms with van der Waals surface area (Å²) in [4.78, 5) is 73.0. The van der Waals surface area contributed by atoms with Gasteiger partial charge in [-0.1, -0.05) is 401 Å². The van der Waals surface area contributed by atoms with Gasteiger partial charge in [-0.05, 0) is 31.6 Å². The minimum Gasteiger partial charge on any atom is -0.462 e. The van der Waals surface area contributed by atoms with Crippen LogP contribution in [0.5, 0.6) is 0 Å². The molecule has 0 fully saturated rings. The standard InChI is InChI=1S/C84H164O17P2/c1-6-9-12-15-18-21-23-25-27-29-30-31-32-33-35-37-41-45-49-54-59-64-69-84(89)101-80(74-95-82(87)68-63-58-53-48-44-40-36-34-28-26-24-22-19-16-13-10-7-2)76-99-103(92,93)97-72-78(85)71-96-102(90,91)98-75-79(73-94-81(86)67-62-57-52-20-17-14-11-8-3)100-83(88)70-65-60-55-50-46-42-38-39-43-47-51-56-61-66-77(4)5/h77-80,85H,6-76H2,1-5H3,(H,90,91)(H,92,93)/t78-,79+,80+/m0/s1. The SMILES string of the molecule is CCCCCCCCCCCCCCCCCCCCCCCCC(=O)O[C@H](COC(=O)CCCCCCCCCCCCCCCCCCC)COP(=O)(O)OC[C@@H](O)COP(=O)(O)OC[C@@H](COC(=O)CCCCCCCCCC)OC(=O)CCCCCCCCCCCCCCCC(C)C. The maximum Gasteiger partial charge on any atom is 0.472 e. The molecule has 0 radical (unpaired) electrons. The molecule has 0 rings (SSSR count). The van der Waals surface area contributed by atoms with Crippen LogP contribution in [-0.2, 0) is 65.4 Å². The first kappa shape index (κ1) is 101. The predicted octanol–water partition coefficient (Wildman–Crippen LogP) is 25.6. The van der Waals surface area contributed by atoms with Gasteiger partial charge in [-0.25, -0.2) is 9.13 Å². The van der Waals surface area contributed by atoms with Gasteiger partial charge in [-0.2, -0.15) is 0 Å². The largest absolute Gasteiger partial charge is 0.472 e. The first-order valence-electron chi connectivity index (χ1n) is 43.6. The minimum atomic E-state index is -4.96. The lowest BCUT2D eigenvalue weighted by atomic mass is 10.0. The highest BCUT2D eigenvalue weighted by atomic mass is 31.2. The number of phosphoric ester groups is 2. The quantitative estimate of drug-likeness (QED) is 0.0222. The summed E-state index contributed by atoms with van der Waals surface area (Å²) < 4.78 is 68.7. The molecule has 3 N–H and O–H groups in total. The Morgan fingerprint density at radius 1 is 0.262 bits per heavy atom. The van der Waals surface area contributed by atoms with Gasteiger partial charge in [-0.3, -0.25) is 37.3 Å². The molecule has 0 aliphatic heterocycles. The van der Waals surface area contributed by atoms with E-state index in [1.54, 1.807) is 0 Å². The number of esters is 4. The number of hydrogen-bond acceptors (Lipinski definition) is 15. The van der Waals surface area contributed by atoms with Crippen molar-refractivity contribution in [3.05, 3.63) is 0 Å². The molecule has 0 aromatic rings. The van der Waals surface area contributed by atoms with Crippen molar-refractivity contribution in [3.63, 3.8) is 0 Å². The zero-order valence-corrected chi connectivity index (χ0v) is 69.3. The van der Waals surface area contributed by atoms with E-state index in [0.29, 0.717) is 25.7 Å². The Labute approximate surface area is 632 Å². The third-order valence-corrected chi connectivity index (χ3v) is 21.7. The molecule has 0 aromatic carbocycles. The van der Waals surface area contributed by atoms with Gasteiger partial charge in [-0.15, -0.1) is 0 Å². The van der Waals surface area contributed by atoms with E-state index in [9.17, 15) is 43.2 Å². The smallest absolute Gasteiger partial charge is 0.462 e. The van der Waals surface area contributed by atoms with E-state index in [2.05, 4.69) is 34.6 Å². The Kier molecular flexibility index (Phi) is 75.4. The molecule has 0 heterocycles. The fourth-order valence-electron chi connectivity index (χ4n) is 13.1. The fourth-order valence-corrected chi connectivity index (χ4v) is 14.7. The average Bonchev–Trinajstić information content (AvgIpc) is 0.924. The number of unbranched alkanes of at least 4 members (excludes halogenated alkanes) is 56. The summed E-state index contributed by atoms with van der Waals surface area (Å²) in [5.41, 5.74) is 0. The van der Waals surface area contributed by atoms with Gasteiger partial charge >= 0.3 is 39.5 Å². The van der Waals surface area contributed by atoms with Crippen LogP contribution >= 0.6 is 15.6 Å². The van der Waals surface area contributed by atoms with Crippen molar-refractivity contribution in [1.82, 2.24) is 0 Å².